The van der Waals surface area contributed by atoms with Gasteiger partial charge in [-0.05, 0) is 6.92 Å². The lowest BCUT2D eigenvalue weighted by Crippen LogP contribution is -2.15. The molecule has 0 fully saturated rings. The summed E-state index contributed by atoms with van der Waals surface area (Å²) in [7, 11) is 3.72. The van der Waals surface area contributed by atoms with Crippen LogP contribution >= 0.6 is 22.0 Å². The van der Waals surface area contributed by atoms with Crippen LogP contribution in [-0.2, 0) is 15.2 Å². The predicted octanol–water partition coefficient (Wildman–Crippen LogP) is 1.38. The highest BCUT2D eigenvalue weighted by Gasteiger charge is 2.26. The van der Waals surface area contributed by atoms with Gasteiger partial charge in [0.2, 0.25) is 10.1 Å². The number of thiophene rings is 1. The molecular weight excluding hydrogens is 272 g/mol. The van der Waals surface area contributed by atoms with Crippen LogP contribution in [0.3, 0.4) is 0 Å². The van der Waals surface area contributed by atoms with E-state index in [0.717, 1.165) is 11.3 Å². The van der Waals surface area contributed by atoms with Crippen molar-refractivity contribution in [3.05, 3.63) is 11.1 Å². The normalized spacial score (nSPS) is 12.2. The molecule has 16 heavy (non-hydrogen) atoms. The summed E-state index contributed by atoms with van der Waals surface area (Å²) in [5.41, 5.74) is 5.78. The molecule has 1 rings (SSSR count). The molecule has 0 bridgehead atoms. The molecule has 0 aliphatic carbocycles. The summed E-state index contributed by atoms with van der Waals surface area (Å²) in [6.45, 7) is 2.88. The van der Waals surface area contributed by atoms with Gasteiger partial charge in [0.1, 0.15) is 15.4 Å². The molecule has 2 amide bonds. The zero-order valence-corrected chi connectivity index (χ0v) is 10.9. The van der Waals surface area contributed by atoms with Crippen molar-refractivity contribution in [1.29, 1.82) is 0 Å². The number of hydrogen-bond donors (Lipinski definition) is 2. The van der Waals surface area contributed by atoms with Gasteiger partial charge in [-0.15, -0.1) is 0 Å². The maximum atomic E-state index is 11.2. The SMILES string of the molecule is CC(=O)Nc1sc([S+]([O-])Cl)c(C)c1C(N)=O. The quantitative estimate of drug-likeness (QED) is 0.819. The van der Waals surface area contributed by atoms with Crippen LogP contribution in [0.15, 0.2) is 4.21 Å². The summed E-state index contributed by atoms with van der Waals surface area (Å²) >= 11 is 0.986. The number of anilines is 1. The Bertz CT molecular complexity index is 445. The van der Waals surface area contributed by atoms with Gasteiger partial charge in [0.25, 0.3) is 5.91 Å². The highest BCUT2D eigenvalue weighted by molar-refractivity contribution is 8.15. The van der Waals surface area contributed by atoms with Gasteiger partial charge >= 0.3 is 0 Å². The first-order valence-electron chi connectivity index (χ1n) is 4.13. The summed E-state index contributed by atoms with van der Waals surface area (Å²) in [4.78, 5) is 22.1. The first-order valence-corrected chi connectivity index (χ1v) is 6.92. The van der Waals surface area contributed by atoms with Gasteiger partial charge in [-0.3, -0.25) is 9.59 Å². The van der Waals surface area contributed by atoms with E-state index in [1.807, 2.05) is 0 Å². The van der Waals surface area contributed by atoms with Gasteiger partial charge in [-0.2, -0.15) is 0 Å². The van der Waals surface area contributed by atoms with E-state index >= 15 is 0 Å². The van der Waals surface area contributed by atoms with Crippen molar-refractivity contribution in [2.75, 3.05) is 5.32 Å². The minimum atomic E-state index is -1.73. The number of halogens is 1. The zero-order chi connectivity index (χ0) is 12.5. The molecule has 0 aliphatic heterocycles. The molecule has 0 saturated carbocycles. The number of hydrogen-bond acceptors (Lipinski definition) is 4. The molecule has 1 aromatic rings. The standard InChI is InChI=1S/C8H9ClN2O3S2/c1-3-5(6(10)13)7(11-4(2)12)15-8(3)16(9)14/h1-2H3,(H2,10,13)(H,11,12). The van der Waals surface area contributed by atoms with Crippen LogP contribution in [0.2, 0.25) is 0 Å². The summed E-state index contributed by atoms with van der Waals surface area (Å²) in [5, 5.41) is 2.74. The first kappa shape index (κ1) is 13.3. The van der Waals surface area contributed by atoms with Crippen molar-refractivity contribution in [3.63, 3.8) is 0 Å². The molecule has 88 valence electrons. The number of rotatable bonds is 3. The number of nitrogens with one attached hydrogen (secondary N) is 1. The smallest absolute Gasteiger partial charge is 0.252 e. The summed E-state index contributed by atoms with van der Waals surface area (Å²) in [5.74, 6) is -1.03. The number of primary amides is 1. The minimum Gasteiger partial charge on any atom is -0.593 e. The fourth-order valence-corrected chi connectivity index (χ4v) is 3.67. The van der Waals surface area contributed by atoms with E-state index in [2.05, 4.69) is 5.32 Å². The lowest BCUT2D eigenvalue weighted by Gasteiger charge is -2.00. The van der Waals surface area contributed by atoms with E-state index < -0.39 is 16.3 Å². The van der Waals surface area contributed by atoms with Crippen LogP contribution in [0.1, 0.15) is 22.8 Å². The third kappa shape index (κ3) is 2.67. The molecule has 0 saturated heterocycles. The molecule has 1 atom stereocenters. The molecular formula is C8H9ClN2O3S2. The molecule has 1 aromatic heterocycles. The number of carbonyl (C=O) groups excluding carboxylic acids is 2. The molecule has 0 aliphatic rings. The maximum Gasteiger partial charge on any atom is 0.252 e. The van der Waals surface area contributed by atoms with Gasteiger partial charge in [0.05, 0.1) is 5.56 Å². The fourth-order valence-electron chi connectivity index (χ4n) is 1.19. The highest BCUT2D eigenvalue weighted by atomic mass is 35.7. The molecule has 8 heteroatoms. The summed E-state index contributed by atoms with van der Waals surface area (Å²) in [6.07, 6.45) is 0. The second-order valence-electron chi connectivity index (χ2n) is 2.99. The molecule has 5 nitrogen and oxygen atoms in total. The Kier molecular flexibility index (Phi) is 4.20. The van der Waals surface area contributed by atoms with Crippen LogP contribution in [-0.4, -0.2) is 16.4 Å². The molecule has 0 spiro atoms. The second-order valence-corrected chi connectivity index (χ2v) is 5.96. The zero-order valence-electron chi connectivity index (χ0n) is 8.50. The van der Waals surface area contributed by atoms with Gasteiger partial charge in [0, 0.05) is 12.5 Å². The summed E-state index contributed by atoms with van der Waals surface area (Å²) in [6, 6.07) is 0. The minimum absolute atomic E-state index is 0.157. The Labute approximate surface area is 104 Å². The second kappa shape index (κ2) is 5.05. The predicted molar refractivity (Wildman–Crippen MR) is 64.1 cm³/mol. The molecule has 1 unspecified atom stereocenters. The van der Waals surface area contributed by atoms with E-state index in [-0.39, 0.29) is 16.5 Å². The van der Waals surface area contributed by atoms with Gasteiger partial charge in [0.15, 0.2) is 10.7 Å². The average Bonchev–Trinajstić information content (AvgIpc) is 2.41. The molecule has 1 heterocycles. The van der Waals surface area contributed by atoms with Crippen molar-refractivity contribution in [3.8, 4) is 0 Å². The highest BCUT2D eigenvalue weighted by Crippen LogP contribution is 2.37. The third-order valence-electron chi connectivity index (χ3n) is 1.78. The first-order chi connectivity index (χ1) is 7.34. The largest absolute Gasteiger partial charge is 0.593 e. The third-order valence-corrected chi connectivity index (χ3v) is 4.83. The van der Waals surface area contributed by atoms with E-state index in [1.165, 1.54) is 6.92 Å². The van der Waals surface area contributed by atoms with Crippen LogP contribution in [0.5, 0.6) is 0 Å². The molecule has 3 N–H and O–H groups in total. The Morgan fingerprint density at radius 1 is 1.56 bits per heavy atom. The lowest BCUT2D eigenvalue weighted by atomic mass is 10.2. The topological polar surface area (TPSA) is 95.2 Å². The van der Waals surface area contributed by atoms with Crippen molar-refractivity contribution in [1.82, 2.24) is 0 Å². The van der Waals surface area contributed by atoms with E-state index in [9.17, 15) is 14.1 Å². The Morgan fingerprint density at radius 2 is 2.12 bits per heavy atom. The van der Waals surface area contributed by atoms with Gasteiger partial charge in [-0.25, -0.2) is 0 Å². The van der Waals surface area contributed by atoms with Crippen molar-refractivity contribution >= 4 is 49.2 Å². The maximum absolute atomic E-state index is 11.2. The van der Waals surface area contributed by atoms with E-state index in [0.29, 0.717) is 9.77 Å². The Balaban J connectivity index is 3.31. The number of amides is 2. The monoisotopic (exact) mass is 280 g/mol. The summed E-state index contributed by atoms with van der Waals surface area (Å²) < 4.78 is 11.5. The Hall–Kier alpha value is -0.760. The van der Waals surface area contributed by atoms with Crippen molar-refractivity contribution in [2.24, 2.45) is 5.73 Å². The Morgan fingerprint density at radius 3 is 2.50 bits per heavy atom. The van der Waals surface area contributed by atoms with E-state index in [1.54, 1.807) is 6.92 Å². The molecule has 0 radical (unpaired) electrons. The van der Waals surface area contributed by atoms with Crippen molar-refractivity contribution in [2.45, 2.75) is 18.1 Å². The van der Waals surface area contributed by atoms with E-state index in [4.69, 9.17) is 16.4 Å². The number of nitrogens with two attached hydrogens (primary N) is 1. The van der Waals surface area contributed by atoms with Crippen LogP contribution in [0.4, 0.5) is 5.00 Å². The van der Waals surface area contributed by atoms with Crippen LogP contribution < -0.4 is 11.1 Å². The van der Waals surface area contributed by atoms with Crippen LogP contribution in [0, 0.1) is 6.92 Å². The van der Waals surface area contributed by atoms with Crippen molar-refractivity contribution < 1.29 is 14.1 Å². The van der Waals surface area contributed by atoms with Gasteiger partial charge in [-0.1, -0.05) is 11.3 Å². The lowest BCUT2D eigenvalue weighted by molar-refractivity contribution is -0.114. The fraction of sp³-hybridized carbons (Fsp3) is 0.250. The number of carbonyl (C=O) groups is 2. The average molecular weight is 281 g/mol. The van der Waals surface area contributed by atoms with Gasteiger partial charge < -0.3 is 15.6 Å². The molecule has 0 aromatic carbocycles. The van der Waals surface area contributed by atoms with Crippen LogP contribution in [0.25, 0.3) is 0 Å².